The van der Waals surface area contributed by atoms with Crippen LogP contribution in [0.4, 0.5) is 0 Å². The summed E-state index contributed by atoms with van der Waals surface area (Å²) in [7, 11) is 0. The Morgan fingerprint density at radius 3 is 2.00 bits per heavy atom. The number of carbonyl (C=O) groups is 1. The first-order valence-electron chi connectivity index (χ1n) is 2.20. The Labute approximate surface area is 41.8 Å². The van der Waals surface area contributed by atoms with Gasteiger partial charge in [0.2, 0.25) is 0 Å². The topological polar surface area (TPSA) is 17.1 Å². The third-order valence-corrected chi connectivity index (χ3v) is 0. The average molecular weight is 92.2 g/mol. The molecule has 0 N–H and O–H groups in total. The van der Waals surface area contributed by atoms with E-state index in [1.54, 1.807) is 0 Å². The molecule has 0 heterocycles. The van der Waals surface area contributed by atoms with Gasteiger partial charge in [0.1, 0.15) is 6.79 Å². The van der Waals surface area contributed by atoms with Gasteiger partial charge in [-0.25, -0.2) is 0 Å². The summed E-state index contributed by atoms with van der Waals surface area (Å²) in [6.45, 7) is 4.56. The molecule has 0 aromatic rings. The zero-order chi connectivity index (χ0) is 5.41. The van der Waals surface area contributed by atoms with Gasteiger partial charge in [-0.15, -0.1) is 0 Å². The van der Waals surface area contributed by atoms with Gasteiger partial charge in [-0.3, -0.25) is 0 Å². The summed E-state index contributed by atoms with van der Waals surface area (Å²) >= 11 is 0. The summed E-state index contributed by atoms with van der Waals surface area (Å²) in [4.78, 5) is 8.00. The number of hydrogen-bond acceptors (Lipinski definition) is 1. The molecule has 0 aliphatic carbocycles. The average Bonchev–Trinajstić information content (AvgIpc) is 1.72. The third kappa shape index (κ3) is 240. The number of hydrogen-bond donors (Lipinski definition) is 0. The molecule has 0 aliphatic heterocycles. The van der Waals surface area contributed by atoms with Crippen LogP contribution in [0.25, 0.3) is 0 Å². The lowest BCUT2D eigenvalue weighted by atomic mass is 10.6. The van der Waals surface area contributed by atoms with Crippen molar-refractivity contribution in [2.75, 3.05) is 0 Å². The maximum atomic E-state index is 8.00. The molecular weight excluding hydrogens is 76.1 g/mol. The second-order valence-electron chi connectivity index (χ2n) is 0.500. The molecule has 0 aromatic carbocycles. The Bertz CT molecular complexity index is 15.6. The Balaban J connectivity index is -0.0000000480. The SMILES string of the molecule is C.C=O.[3H]CCC. The van der Waals surface area contributed by atoms with E-state index < -0.39 is 0 Å². The van der Waals surface area contributed by atoms with Gasteiger partial charge in [-0.2, -0.15) is 0 Å². The molecule has 0 spiro atoms. The Kier molecular flexibility index (Phi) is 214. The minimum atomic E-state index is 0. The fourth-order valence-electron chi connectivity index (χ4n) is 0. The van der Waals surface area contributed by atoms with Gasteiger partial charge in [-0.05, 0) is 0 Å². The zero-order valence-electron chi connectivity index (χ0n) is 4.53. The normalized spacial score (nSPS) is 5.83. The first-order valence-corrected chi connectivity index (χ1v) is 1.50. The monoisotopic (exact) mass is 92.1 g/mol. The zero-order valence-corrected chi connectivity index (χ0v) is 3.53. The molecule has 1 nitrogen and oxygen atoms in total. The van der Waals surface area contributed by atoms with Crippen molar-refractivity contribution < 1.29 is 6.17 Å². The van der Waals surface area contributed by atoms with Crippen LogP contribution in [0, 0.1) is 0 Å². The predicted octanol–water partition coefficient (Wildman–Crippen LogP) is 1.87. The second-order valence-corrected chi connectivity index (χ2v) is 0.500. The van der Waals surface area contributed by atoms with E-state index in [-0.39, 0.29) is 7.43 Å². The van der Waals surface area contributed by atoms with Crippen LogP contribution >= 0.6 is 0 Å². The first kappa shape index (κ1) is 9.18. The number of carbonyl (C=O) groups excluding carboxylic acids is 1. The molecule has 0 amide bonds. The molecule has 1 heteroatoms. The van der Waals surface area contributed by atoms with Crippen molar-refractivity contribution in [3.63, 3.8) is 0 Å². The van der Waals surface area contributed by atoms with Gasteiger partial charge in [-0.1, -0.05) is 27.7 Å². The molecule has 0 bridgehead atoms. The van der Waals surface area contributed by atoms with Crippen LogP contribution in [0.5, 0.6) is 0 Å². The van der Waals surface area contributed by atoms with Crippen molar-refractivity contribution in [3.05, 3.63) is 0 Å². The lowest BCUT2D eigenvalue weighted by Gasteiger charge is -1.48. The van der Waals surface area contributed by atoms with Crippen LogP contribution in [0.15, 0.2) is 0 Å². The molecular formula is C5H14O. The van der Waals surface area contributed by atoms with Gasteiger partial charge in [0.15, 0.2) is 0 Å². The van der Waals surface area contributed by atoms with Crippen molar-refractivity contribution in [2.45, 2.75) is 27.7 Å². The molecule has 0 unspecified atom stereocenters. The van der Waals surface area contributed by atoms with Gasteiger partial charge < -0.3 is 4.79 Å². The van der Waals surface area contributed by atoms with E-state index in [1.807, 2.05) is 13.7 Å². The summed E-state index contributed by atoms with van der Waals surface area (Å²) in [6, 6.07) is 0. The van der Waals surface area contributed by atoms with Crippen LogP contribution in [-0.4, -0.2) is 6.79 Å². The standard InChI is InChI=1S/C3H8.CH2O.CH4/c1-3-2;1-2;/h3H2,1-2H3;1H2;1H4/i1T;;. The smallest absolute Gasteiger partial charge is 0.106 e. The molecule has 0 saturated heterocycles. The summed E-state index contributed by atoms with van der Waals surface area (Å²) < 4.78 is 6.45. The second kappa shape index (κ2) is 140. The van der Waals surface area contributed by atoms with Crippen LogP contribution < -0.4 is 0 Å². The van der Waals surface area contributed by atoms with Gasteiger partial charge >= 0.3 is 0 Å². The lowest BCUT2D eigenvalue weighted by Crippen LogP contribution is -1.27. The highest BCUT2D eigenvalue weighted by Gasteiger charge is 1.35. The molecule has 0 atom stereocenters. The van der Waals surface area contributed by atoms with E-state index in [4.69, 9.17) is 6.17 Å². The van der Waals surface area contributed by atoms with Crippen LogP contribution in [-0.2, 0) is 4.79 Å². The molecule has 40 valence electrons. The largest absolute Gasteiger partial charge is 0.307 e. The van der Waals surface area contributed by atoms with E-state index >= 15 is 0 Å². The number of rotatable bonds is 0. The van der Waals surface area contributed by atoms with Crippen LogP contribution in [0.3, 0.4) is 0 Å². The van der Waals surface area contributed by atoms with E-state index in [1.165, 1.54) is 0 Å². The fourth-order valence-corrected chi connectivity index (χ4v) is 0. The highest BCUT2D eigenvalue weighted by Crippen LogP contribution is 1.56. The highest BCUT2D eigenvalue weighted by molar-refractivity contribution is 5.10. The molecule has 0 rings (SSSR count). The van der Waals surface area contributed by atoms with Crippen molar-refractivity contribution in [2.24, 2.45) is 0 Å². The maximum absolute atomic E-state index is 8.00. The van der Waals surface area contributed by atoms with Gasteiger partial charge in [0, 0.05) is 1.37 Å². The summed E-state index contributed by atoms with van der Waals surface area (Å²) in [6.07, 6.45) is 0.986. The predicted molar refractivity (Wildman–Crippen MR) is 29.8 cm³/mol. The van der Waals surface area contributed by atoms with Crippen molar-refractivity contribution in [1.29, 1.82) is 0 Å². The Morgan fingerprint density at radius 1 is 1.83 bits per heavy atom. The van der Waals surface area contributed by atoms with E-state index in [0.29, 0.717) is 6.90 Å². The van der Waals surface area contributed by atoms with Gasteiger partial charge in [0.25, 0.3) is 0 Å². The summed E-state index contributed by atoms with van der Waals surface area (Å²) in [5.41, 5.74) is 0. The van der Waals surface area contributed by atoms with Crippen molar-refractivity contribution in [3.8, 4) is 0 Å². The van der Waals surface area contributed by atoms with Gasteiger partial charge in [0.05, 0.1) is 0 Å². The van der Waals surface area contributed by atoms with E-state index in [9.17, 15) is 0 Å². The Hall–Kier alpha value is -0.330. The van der Waals surface area contributed by atoms with Crippen molar-refractivity contribution in [1.82, 2.24) is 0 Å². The molecule has 0 radical (unpaired) electrons. The maximum Gasteiger partial charge on any atom is 0.106 e. The first-order chi connectivity index (χ1) is 2.91. The Morgan fingerprint density at radius 2 is 2.00 bits per heavy atom. The summed E-state index contributed by atoms with van der Waals surface area (Å²) in [5, 5.41) is 0. The van der Waals surface area contributed by atoms with Crippen LogP contribution in [0.1, 0.15) is 29.0 Å². The third-order valence-electron chi connectivity index (χ3n) is 0. The van der Waals surface area contributed by atoms with Crippen molar-refractivity contribution >= 4 is 6.79 Å². The molecule has 0 aliphatic rings. The molecule has 0 aromatic heterocycles. The highest BCUT2D eigenvalue weighted by atomic mass is 16.1. The quantitative estimate of drug-likeness (QED) is 0.445. The lowest BCUT2D eigenvalue weighted by molar-refractivity contribution is -0.0979. The minimum absolute atomic E-state index is 0. The summed E-state index contributed by atoms with van der Waals surface area (Å²) in [5.74, 6) is 0. The molecule has 6 heavy (non-hydrogen) atoms. The van der Waals surface area contributed by atoms with E-state index in [2.05, 4.69) is 0 Å². The fraction of sp³-hybridized carbons (Fsp3) is 0.800. The van der Waals surface area contributed by atoms with Crippen LogP contribution in [0.2, 0.25) is 0 Å². The minimum Gasteiger partial charge on any atom is -0.307 e. The molecule has 0 saturated carbocycles. The molecule has 0 fully saturated rings. The van der Waals surface area contributed by atoms with E-state index in [0.717, 1.165) is 6.42 Å².